The molecule has 0 spiro atoms. The lowest BCUT2D eigenvalue weighted by Crippen LogP contribution is -1.90. The molecule has 17 heavy (non-hydrogen) atoms. The van der Waals surface area contributed by atoms with Crippen molar-refractivity contribution in [3.05, 3.63) is 48.5 Å². The maximum absolute atomic E-state index is 5.67. The standard InChI is InChI=1S/C14H13O3/c1-15-12-8-13(16-2)10-14(9-12)17-11-6-4-3-5-7-11/h3-4,6-10H,1-2H3. The number of benzene rings is 2. The van der Waals surface area contributed by atoms with E-state index in [-0.39, 0.29) is 0 Å². The summed E-state index contributed by atoms with van der Waals surface area (Å²) in [6, 6.07) is 15.7. The third kappa shape index (κ3) is 2.91. The number of hydrogen-bond acceptors (Lipinski definition) is 3. The van der Waals surface area contributed by atoms with E-state index < -0.39 is 0 Å². The van der Waals surface area contributed by atoms with E-state index in [2.05, 4.69) is 6.07 Å². The number of rotatable bonds is 4. The van der Waals surface area contributed by atoms with Crippen LogP contribution in [0.15, 0.2) is 42.5 Å². The summed E-state index contributed by atoms with van der Waals surface area (Å²) >= 11 is 0. The Morgan fingerprint density at radius 3 is 2.06 bits per heavy atom. The molecule has 3 heteroatoms. The van der Waals surface area contributed by atoms with Gasteiger partial charge < -0.3 is 14.2 Å². The maximum Gasteiger partial charge on any atom is 0.134 e. The minimum Gasteiger partial charge on any atom is -0.496 e. The van der Waals surface area contributed by atoms with Gasteiger partial charge >= 0.3 is 0 Å². The van der Waals surface area contributed by atoms with Crippen LogP contribution in [0.2, 0.25) is 0 Å². The Hall–Kier alpha value is -2.16. The van der Waals surface area contributed by atoms with E-state index in [1.54, 1.807) is 38.5 Å². The molecular weight excluding hydrogens is 216 g/mol. The Labute approximate surface area is 101 Å². The van der Waals surface area contributed by atoms with Crippen LogP contribution in [-0.4, -0.2) is 14.2 Å². The van der Waals surface area contributed by atoms with E-state index >= 15 is 0 Å². The average Bonchev–Trinajstić information content (AvgIpc) is 2.39. The molecule has 3 nitrogen and oxygen atoms in total. The second-order valence-corrected chi connectivity index (χ2v) is 3.39. The molecule has 0 aliphatic carbocycles. The monoisotopic (exact) mass is 229 g/mol. The summed E-state index contributed by atoms with van der Waals surface area (Å²) in [4.78, 5) is 0. The van der Waals surface area contributed by atoms with E-state index in [0.717, 1.165) is 5.75 Å². The zero-order valence-corrected chi connectivity index (χ0v) is 9.77. The van der Waals surface area contributed by atoms with Crippen LogP contribution in [0, 0.1) is 6.07 Å². The number of ether oxygens (including phenoxy) is 3. The first-order valence-electron chi connectivity index (χ1n) is 5.19. The predicted molar refractivity (Wildman–Crippen MR) is 64.9 cm³/mol. The van der Waals surface area contributed by atoms with Crippen LogP contribution in [0.5, 0.6) is 23.0 Å². The first-order chi connectivity index (χ1) is 8.31. The fourth-order valence-corrected chi connectivity index (χ4v) is 1.42. The Morgan fingerprint density at radius 1 is 0.882 bits per heavy atom. The molecule has 0 saturated heterocycles. The van der Waals surface area contributed by atoms with Crippen molar-refractivity contribution in [3.63, 3.8) is 0 Å². The molecule has 0 atom stereocenters. The van der Waals surface area contributed by atoms with E-state index in [4.69, 9.17) is 14.2 Å². The highest BCUT2D eigenvalue weighted by Gasteiger charge is 2.03. The highest BCUT2D eigenvalue weighted by Crippen LogP contribution is 2.30. The molecule has 0 aliphatic rings. The summed E-state index contributed by atoms with van der Waals surface area (Å²) in [5.74, 6) is 2.78. The van der Waals surface area contributed by atoms with Crippen molar-refractivity contribution in [2.45, 2.75) is 0 Å². The van der Waals surface area contributed by atoms with Gasteiger partial charge in [-0.25, -0.2) is 0 Å². The van der Waals surface area contributed by atoms with Gasteiger partial charge in [0.2, 0.25) is 0 Å². The van der Waals surface area contributed by atoms with Crippen LogP contribution in [0.1, 0.15) is 0 Å². The van der Waals surface area contributed by atoms with Gasteiger partial charge in [0.25, 0.3) is 0 Å². The smallest absolute Gasteiger partial charge is 0.134 e. The third-order valence-corrected chi connectivity index (χ3v) is 2.24. The first-order valence-corrected chi connectivity index (χ1v) is 5.19. The SMILES string of the molecule is COc1cc(OC)cc(Oc2c[c]ccc2)c1. The van der Waals surface area contributed by atoms with E-state index in [1.807, 2.05) is 18.2 Å². The van der Waals surface area contributed by atoms with Gasteiger partial charge in [0.05, 0.1) is 14.2 Å². The van der Waals surface area contributed by atoms with Crippen LogP contribution in [-0.2, 0) is 0 Å². The fourth-order valence-electron chi connectivity index (χ4n) is 1.42. The van der Waals surface area contributed by atoms with Crippen LogP contribution < -0.4 is 14.2 Å². The molecule has 2 rings (SSSR count). The first kappa shape index (κ1) is 11.3. The lowest BCUT2D eigenvalue weighted by atomic mass is 10.3. The van der Waals surface area contributed by atoms with Gasteiger partial charge in [-0.2, -0.15) is 0 Å². The van der Waals surface area contributed by atoms with Gasteiger partial charge in [0.1, 0.15) is 23.0 Å². The summed E-state index contributed by atoms with van der Waals surface area (Å²) in [5.41, 5.74) is 0. The van der Waals surface area contributed by atoms with Crippen molar-refractivity contribution in [3.8, 4) is 23.0 Å². The summed E-state index contributed by atoms with van der Waals surface area (Å²) in [6.45, 7) is 0. The minimum atomic E-state index is 0.667. The summed E-state index contributed by atoms with van der Waals surface area (Å²) < 4.78 is 16.0. The Balaban J connectivity index is 2.26. The highest BCUT2D eigenvalue weighted by atomic mass is 16.5. The molecule has 0 N–H and O–H groups in total. The number of hydrogen-bond donors (Lipinski definition) is 0. The second-order valence-electron chi connectivity index (χ2n) is 3.39. The van der Waals surface area contributed by atoms with Gasteiger partial charge in [0, 0.05) is 18.2 Å². The summed E-state index contributed by atoms with van der Waals surface area (Å²) in [5, 5.41) is 0. The molecule has 0 aromatic heterocycles. The highest BCUT2D eigenvalue weighted by molar-refractivity contribution is 5.43. The maximum atomic E-state index is 5.67. The van der Waals surface area contributed by atoms with Gasteiger partial charge in [0.15, 0.2) is 0 Å². The quantitative estimate of drug-likeness (QED) is 0.805. The van der Waals surface area contributed by atoms with Crippen molar-refractivity contribution < 1.29 is 14.2 Å². The number of methoxy groups -OCH3 is 2. The Kier molecular flexibility index (Phi) is 3.50. The van der Waals surface area contributed by atoms with Gasteiger partial charge in [-0.3, -0.25) is 0 Å². The molecule has 2 aromatic rings. The topological polar surface area (TPSA) is 27.7 Å². The van der Waals surface area contributed by atoms with Crippen molar-refractivity contribution in [2.24, 2.45) is 0 Å². The normalized spacial score (nSPS) is 9.76. The largest absolute Gasteiger partial charge is 0.496 e. The average molecular weight is 229 g/mol. The Bertz CT molecular complexity index is 458. The zero-order chi connectivity index (χ0) is 12.1. The molecule has 0 amide bonds. The van der Waals surface area contributed by atoms with Crippen LogP contribution >= 0.6 is 0 Å². The van der Waals surface area contributed by atoms with Gasteiger partial charge in [-0.1, -0.05) is 12.1 Å². The molecule has 0 aliphatic heterocycles. The van der Waals surface area contributed by atoms with E-state index in [1.165, 1.54) is 0 Å². The van der Waals surface area contributed by atoms with Crippen LogP contribution in [0.25, 0.3) is 0 Å². The molecular formula is C14H13O3. The lowest BCUT2D eigenvalue weighted by molar-refractivity contribution is 0.386. The minimum absolute atomic E-state index is 0.667. The Morgan fingerprint density at radius 2 is 1.53 bits per heavy atom. The zero-order valence-electron chi connectivity index (χ0n) is 9.77. The van der Waals surface area contributed by atoms with Gasteiger partial charge in [-0.05, 0) is 18.2 Å². The van der Waals surface area contributed by atoms with Crippen molar-refractivity contribution in [1.82, 2.24) is 0 Å². The fraction of sp³-hybridized carbons (Fsp3) is 0.143. The summed E-state index contributed by atoms with van der Waals surface area (Å²) in [6.07, 6.45) is 0. The van der Waals surface area contributed by atoms with Crippen LogP contribution in [0.4, 0.5) is 0 Å². The molecule has 0 fully saturated rings. The molecule has 87 valence electrons. The molecule has 0 saturated carbocycles. The van der Waals surface area contributed by atoms with E-state index in [0.29, 0.717) is 17.2 Å². The van der Waals surface area contributed by atoms with Crippen molar-refractivity contribution in [2.75, 3.05) is 14.2 Å². The molecule has 0 unspecified atom stereocenters. The molecule has 1 radical (unpaired) electrons. The summed E-state index contributed by atoms with van der Waals surface area (Å²) in [7, 11) is 3.21. The molecule has 2 aromatic carbocycles. The van der Waals surface area contributed by atoms with Crippen molar-refractivity contribution in [1.29, 1.82) is 0 Å². The molecule has 0 heterocycles. The van der Waals surface area contributed by atoms with E-state index in [9.17, 15) is 0 Å². The molecule has 0 bridgehead atoms. The lowest BCUT2D eigenvalue weighted by Gasteiger charge is -2.09. The second kappa shape index (κ2) is 5.25. The van der Waals surface area contributed by atoms with Crippen molar-refractivity contribution >= 4 is 0 Å². The predicted octanol–water partition coefficient (Wildman–Crippen LogP) is 3.30. The van der Waals surface area contributed by atoms with Gasteiger partial charge in [-0.15, -0.1) is 0 Å². The third-order valence-electron chi connectivity index (χ3n) is 2.24. The van der Waals surface area contributed by atoms with Crippen LogP contribution in [0.3, 0.4) is 0 Å².